The molecule has 5 nitrogen and oxygen atoms in total. The van der Waals surface area contributed by atoms with Gasteiger partial charge >= 0.3 is 0 Å². The van der Waals surface area contributed by atoms with Crippen molar-refractivity contribution < 1.29 is 9.15 Å². The zero-order valence-corrected chi connectivity index (χ0v) is 15.3. The first-order valence-corrected chi connectivity index (χ1v) is 9.34. The van der Waals surface area contributed by atoms with Crippen LogP contribution in [0, 0.1) is 0 Å². The van der Waals surface area contributed by atoms with E-state index < -0.39 is 0 Å². The molecule has 5 heteroatoms. The van der Waals surface area contributed by atoms with Crippen molar-refractivity contribution in [1.82, 2.24) is 9.97 Å². The molecule has 0 saturated carbocycles. The Bertz CT molecular complexity index is 1260. The van der Waals surface area contributed by atoms with Gasteiger partial charge < -0.3 is 14.1 Å². The van der Waals surface area contributed by atoms with Crippen LogP contribution in [-0.4, -0.2) is 9.97 Å². The third-order valence-electron chi connectivity index (χ3n) is 4.99. The summed E-state index contributed by atoms with van der Waals surface area (Å²) < 4.78 is 12.0. The van der Waals surface area contributed by atoms with E-state index in [1.54, 1.807) is 12.4 Å². The van der Waals surface area contributed by atoms with Crippen molar-refractivity contribution in [2.45, 2.75) is 0 Å². The molecule has 0 saturated heterocycles. The highest BCUT2D eigenvalue weighted by Gasteiger charge is 2.25. The Balaban J connectivity index is 1.44. The fourth-order valence-corrected chi connectivity index (χ4v) is 3.64. The molecular formula is C24H15N3O2. The summed E-state index contributed by atoms with van der Waals surface area (Å²) in [6, 6.07) is 26.1. The standard InChI is InChI=1S/C24H15N3O2/c1-3-7-22-19(5-1)27(20-6-2-4-8-23(20)28-22)17-11-9-16(10-12-17)24-26-18-15-25-14-13-21(18)29-24/h1-15H. The van der Waals surface area contributed by atoms with Crippen molar-refractivity contribution in [3.63, 3.8) is 0 Å². The van der Waals surface area contributed by atoms with Gasteiger partial charge in [0.05, 0.1) is 17.6 Å². The van der Waals surface area contributed by atoms with E-state index in [1.807, 2.05) is 54.6 Å². The number of para-hydroxylation sites is 4. The van der Waals surface area contributed by atoms with Gasteiger partial charge in [0.25, 0.3) is 0 Å². The molecule has 29 heavy (non-hydrogen) atoms. The highest BCUT2D eigenvalue weighted by atomic mass is 16.5. The van der Waals surface area contributed by atoms with Gasteiger partial charge in [0.2, 0.25) is 5.89 Å². The summed E-state index contributed by atoms with van der Waals surface area (Å²) in [5.74, 6) is 2.26. The predicted octanol–water partition coefficient (Wildman–Crippen LogP) is 6.47. The molecule has 1 aliphatic heterocycles. The molecule has 1 aliphatic rings. The minimum absolute atomic E-state index is 0.585. The van der Waals surface area contributed by atoms with Crippen LogP contribution in [0.25, 0.3) is 22.6 Å². The zero-order chi connectivity index (χ0) is 19.2. The fraction of sp³-hybridized carbons (Fsp3) is 0. The monoisotopic (exact) mass is 377 g/mol. The topological polar surface area (TPSA) is 51.4 Å². The van der Waals surface area contributed by atoms with Gasteiger partial charge in [0.15, 0.2) is 17.1 Å². The molecule has 3 heterocycles. The molecule has 0 fully saturated rings. The van der Waals surface area contributed by atoms with Gasteiger partial charge in [0, 0.05) is 23.5 Å². The predicted molar refractivity (Wildman–Crippen MR) is 112 cm³/mol. The zero-order valence-electron chi connectivity index (χ0n) is 15.3. The normalized spacial score (nSPS) is 12.3. The lowest BCUT2D eigenvalue weighted by atomic mass is 10.1. The quantitative estimate of drug-likeness (QED) is 0.346. The summed E-state index contributed by atoms with van der Waals surface area (Å²) in [4.78, 5) is 10.8. The van der Waals surface area contributed by atoms with E-state index in [0.717, 1.165) is 45.2 Å². The number of fused-ring (bicyclic) bond motifs is 3. The summed E-state index contributed by atoms with van der Waals surface area (Å²) in [6.07, 6.45) is 3.41. The SMILES string of the molecule is c1ccc2c(c1)Oc1ccccc1N2c1ccc(-c2nc3cnccc3o2)cc1. The van der Waals surface area contributed by atoms with Gasteiger partial charge in [-0.05, 0) is 48.5 Å². The summed E-state index contributed by atoms with van der Waals surface area (Å²) in [5, 5.41) is 0. The van der Waals surface area contributed by atoms with Crippen LogP contribution in [0.2, 0.25) is 0 Å². The summed E-state index contributed by atoms with van der Waals surface area (Å²) in [5.41, 5.74) is 5.45. The van der Waals surface area contributed by atoms with Gasteiger partial charge in [-0.1, -0.05) is 24.3 Å². The van der Waals surface area contributed by atoms with Crippen molar-refractivity contribution in [3.05, 3.63) is 91.3 Å². The maximum atomic E-state index is 6.08. The molecule has 0 radical (unpaired) electrons. The first-order chi connectivity index (χ1) is 14.4. The lowest BCUT2D eigenvalue weighted by Gasteiger charge is -2.32. The number of rotatable bonds is 2. The number of oxazole rings is 1. The molecule has 0 bridgehead atoms. The van der Waals surface area contributed by atoms with Crippen LogP contribution in [0.5, 0.6) is 11.5 Å². The average Bonchev–Trinajstić information content (AvgIpc) is 3.22. The second kappa shape index (κ2) is 6.21. The Morgan fingerprint density at radius 2 is 1.41 bits per heavy atom. The van der Waals surface area contributed by atoms with Crippen LogP contribution >= 0.6 is 0 Å². The molecule has 0 amide bonds. The Labute approximate surface area is 166 Å². The molecule has 0 spiro atoms. The molecule has 3 aromatic carbocycles. The lowest BCUT2D eigenvalue weighted by Crippen LogP contribution is -2.15. The average molecular weight is 377 g/mol. The van der Waals surface area contributed by atoms with Crippen molar-refractivity contribution >= 4 is 28.2 Å². The highest BCUT2D eigenvalue weighted by Crippen LogP contribution is 2.50. The second-order valence-electron chi connectivity index (χ2n) is 6.78. The van der Waals surface area contributed by atoms with Crippen LogP contribution in [0.3, 0.4) is 0 Å². The molecule has 0 unspecified atom stereocenters. The first kappa shape index (κ1) is 15.9. The second-order valence-corrected chi connectivity index (χ2v) is 6.78. The Morgan fingerprint density at radius 1 is 0.724 bits per heavy atom. The van der Waals surface area contributed by atoms with Gasteiger partial charge in [-0.3, -0.25) is 4.98 Å². The number of anilines is 3. The summed E-state index contributed by atoms with van der Waals surface area (Å²) >= 11 is 0. The van der Waals surface area contributed by atoms with Crippen molar-refractivity contribution in [1.29, 1.82) is 0 Å². The number of hydrogen-bond acceptors (Lipinski definition) is 5. The first-order valence-electron chi connectivity index (χ1n) is 9.34. The molecular weight excluding hydrogens is 362 g/mol. The Hall–Kier alpha value is -4.12. The molecule has 0 atom stereocenters. The molecule has 5 aromatic rings. The fourth-order valence-electron chi connectivity index (χ4n) is 3.64. The van der Waals surface area contributed by atoms with Gasteiger partial charge in [-0.2, -0.15) is 0 Å². The van der Waals surface area contributed by atoms with Crippen molar-refractivity contribution in [2.75, 3.05) is 4.90 Å². The van der Waals surface area contributed by atoms with E-state index in [2.05, 4.69) is 39.1 Å². The maximum absolute atomic E-state index is 6.08. The third-order valence-corrected chi connectivity index (χ3v) is 4.99. The number of aromatic nitrogens is 2. The van der Waals surface area contributed by atoms with Crippen LogP contribution in [0.1, 0.15) is 0 Å². The number of benzene rings is 3. The number of ether oxygens (including phenoxy) is 1. The van der Waals surface area contributed by atoms with Crippen LogP contribution in [-0.2, 0) is 0 Å². The smallest absolute Gasteiger partial charge is 0.227 e. The van der Waals surface area contributed by atoms with E-state index in [1.165, 1.54) is 0 Å². The third kappa shape index (κ3) is 2.56. The summed E-state index contributed by atoms with van der Waals surface area (Å²) in [7, 11) is 0. The lowest BCUT2D eigenvalue weighted by molar-refractivity contribution is 0.477. The molecule has 6 rings (SSSR count). The van der Waals surface area contributed by atoms with E-state index in [0.29, 0.717) is 5.89 Å². The number of nitrogens with zero attached hydrogens (tertiary/aromatic N) is 3. The van der Waals surface area contributed by atoms with E-state index in [9.17, 15) is 0 Å². The van der Waals surface area contributed by atoms with Gasteiger partial charge in [-0.25, -0.2) is 4.98 Å². The van der Waals surface area contributed by atoms with E-state index >= 15 is 0 Å². The molecule has 0 aliphatic carbocycles. The summed E-state index contributed by atoms with van der Waals surface area (Å²) in [6.45, 7) is 0. The van der Waals surface area contributed by atoms with Crippen molar-refractivity contribution in [2.24, 2.45) is 0 Å². The van der Waals surface area contributed by atoms with E-state index in [-0.39, 0.29) is 0 Å². The van der Waals surface area contributed by atoms with E-state index in [4.69, 9.17) is 9.15 Å². The van der Waals surface area contributed by atoms with Crippen LogP contribution in [0.15, 0.2) is 95.7 Å². The molecule has 138 valence electrons. The Kier molecular flexibility index (Phi) is 3.40. The molecule has 0 N–H and O–H groups in total. The number of pyridine rings is 1. The van der Waals surface area contributed by atoms with Crippen LogP contribution < -0.4 is 9.64 Å². The highest BCUT2D eigenvalue weighted by molar-refractivity contribution is 5.86. The minimum Gasteiger partial charge on any atom is -0.453 e. The Morgan fingerprint density at radius 3 is 2.10 bits per heavy atom. The van der Waals surface area contributed by atoms with Crippen LogP contribution in [0.4, 0.5) is 17.1 Å². The maximum Gasteiger partial charge on any atom is 0.227 e. The largest absolute Gasteiger partial charge is 0.453 e. The van der Waals surface area contributed by atoms with Gasteiger partial charge in [0.1, 0.15) is 5.52 Å². The minimum atomic E-state index is 0.585. The van der Waals surface area contributed by atoms with Gasteiger partial charge in [-0.15, -0.1) is 0 Å². The number of hydrogen-bond donors (Lipinski definition) is 0. The molecule has 2 aromatic heterocycles. The van der Waals surface area contributed by atoms with Crippen molar-refractivity contribution in [3.8, 4) is 23.0 Å².